The number of para-hydroxylation sites is 2. The molecule has 0 unspecified atom stereocenters. The summed E-state index contributed by atoms with van der Waals surface area (Å²) in [5.41, 5.74) is 12.4. The van der Waals surface area contributed by atoms with Crippen LogP contribution in [0.2, 0.25) is 0 Å². The molecule has 9 rings (SSSR count). The van der Waals surface area contributed by atoms with E-state index in [1.165, 1.54) is 40.2 Å². The molecule has 0 bridgehead atoms. The van der Waals surface area contributed by atoms with Crippen LogP contribution in [0.5, 0.6) is 11.5 Å². The average molecular weight is 793 g/mol. The number of halogens is 1. The van der Waals surface area contributed by atoms with E-state index in [9.17, 15) is 4.39 Å². The lowest BCUT2D eigenvalue weighted by atomic mass is 9.80. The molecule has 0 radical (unpaired) electrons. The molecular formula is C54H53FN4O. The highest BCUT2D eigenvalue weighted by Gasteiger charge is 2.30. The van der Waals surface area contributed by atoms with E-state index in [-0.39, 0.29) is 22.1 Å². The summed E-state index contributed by atoms with van der Waals surface area (Å²) >= 11 is 0. The van der Waals surface area contributed by atoms with E-state index in [4.69, 9.17) is 9.72 Å². The zero-order valence-electron chi connectivity index (χ0n) is 36.1. The standard InChI is InChI=1S/C54H53FN4O/c1-52(2,3)37-25-26-56-51(31-37)59-47-24-19-36(35-17-20-40(55)21-18-35)27-46(47)45-23-22-44(33-50(45)59)60-43-14-12-13-41(32-43)57-34-58(49-16-11-10-15-48(49)57)42-29-38(53(4,5)6)28-39(30-42)54(7,8)9/h10-33H,34H2,1-9H3. The number of hydrogen-bond acceptors (Lipinski definition) is 4. The maximum absolute atomic E-state index is 13.9. The summed E-state index contributed by atoms with van der Waals surface area (Å²) in [6.45, 7) is 21.1. The van der Waals surface area contributed by atoms with Crippen molar-refractivity contribution >= 4 is 44.6 Å². The van der Waals surface area contributed by atoms with Crippen LogP contribution in [0, 0.1) is 5.82 Å². The molecule has 6 heteroatoms. The molecule has 1 aliphatic heterocycles. The average Bonchev–Trinajstić information content (AvgIpc) is 3.76. The third-order valence-electron chi connectivity index (χ3n) is 11.8. The Bertz CT molecular complexity index is 2870. The number of benzene rings is 6. The van der Waals surface area contributed by atoms with E-state index in [0.717, 1.165) is 61.6 Å². The molecule has 0 spiro atoms. The van der Waals surface area contributed by atoms with Crippen LogP contribution in [-0.2, 0) is 16.2 Å². The van der Waals surface area contributed by atoms with Gasteiger partial charge in [-0.2, -0.15) is 0 Å². The second-order valence-electron chi connectivity index (χ2n) is 19.3. The number of nitrogens with zero attached hydrogens (tertiary/aromatic N) is 4. The molecule has 0 fully saturated rings. The quantitative estimate of drug-likeness (QED) is 0.168. The summed E-state index contributed by atoms with van der Waals surface area (Å²) in [6, 6.07) is 47.9. The van der Waals surface area contributed by atoms with Gasteiger partial charge >= 0.3 is 0 Å². The maximum atomic E-state index is 13.9. The summed E-state index contributed by atoms with van der Waals surface area (Å²) in [5, 5.41) is 2.17. The van der Waals surface area contributed by atoms with Crippen molar-refractivity contribution in [3.05, 3.63) is 168 Å². The van der Waals surface area contributed by atoms with Crippen LogP contribution in [0.4, 0.5) is 27.1 Å². The fourth-order valence-electron chi connectivity index (χ4n) is 8.28. The first-order chi connectivity index (χ1) is 28.5. The van der Waals surface area contributed by atoms with Gasteiger partial charge in [0.05, 0.1) is 22.4 Å². The van der Waals surface area contributed by atoms with Crippen LogP contribution >= 0.6 is 0 Å². The number of aromatic nitrogens is 2. The van der Waals surface area contributed by atoms with Crippen molar-refractivity contribution in [1.82, 2.24) is 9.55 Å². The molecule has 302 valence electrons. The lowest BCUT2D eigenvalue weighted by Gasteiger charge is -2.29. The SMILES string of the molecule is CC(C)(C)c1cc(N2CN(c3cccc(Oc4ccc5c6cc(-c7ccc(F)cc7)ccc6n(-c6cc(C(C)(C)C)ccn6)c5c4)c3)c3ccccc32)cc(C(C)(C)C)c1. The van der Waals surface area contributed by atoms with E-state index in [0.29, 0.717) is 6.67 Å². The first-order valence-electron chi connectivity index (χ1n) is 20.9. The number of hydrogen-bond donors (Lipinski definition) is 0. The van der Waals surface area contributed by atoms with E-state index in [1.54, 1.807) is 0 Å². The molecule has 0 aliphatic carbocycles. The Morgan fingerprint density at radius 2 is 1.13 bits per heavy atom. The van der Waals surface area contributed by atoms with Gasteiger partial charge in [0.1, 0.15) is 29.8 Å². The van der Waals surface area contributed by atoms with Crippen molar-refractivity contribution in [1.29, 1.82) is 0 Å². The largest absolute Gasteiger partial charge is 0.457 e. The minimum absolute atomic E-state index is 0.0118. The minimum Gasteiger partial charge on any atom is -0.457 e. The number of ether oxygens (including phenoxy) is 1. The molecule has 3 heterocycles. The summed E-state index contributed by atoms with van der Waals surface area (Å²) in [6.07, 6.45) is 1.90. The van der Waals surface area contributed by atoms with Gasteiger partial charge in [-0.1, -0.05) is 105 Å². The summed E-state index contributed by atoms with van der Waals surface area (Å²) in [7, 11) is 0. The minimum atomic E-state index is -0.247. The normalized spacial score (nSPS) is 13.4. The van der Waals surface area contributed by atoms with Crippen molar-refractivity contribution in [3.63, 3.8) is 0 Å². The second kappa shape index (κ2) is 14.4. The predicted octanol–water partition coefficient (Wildman–Crippen LogP) is 14.9. The van der Waals surface area contributed by atoms with Crippen molar-refractivity contribution in [3.8, 4) is 28.4 Å². The Morgan fingerprint density at radius 3 is 1.80 bits per heavy atom. The van der Waals surface area contributed by atoms with Gasteiger partial charge in [-0.25, -0.2) is 9.37 Å². The van der Waals surface area contributed by atoms with Gasteiger partial charge in [0.25, 0.3) is 0 Å². The fourth-order valence-corrected chi connectivity index (χ4v) is 8.28. The van der Waals surface area contributed by atoms with Gasteiger partial charge in [-0.05, 0) is 129 Å². The highest BCUT2D eigenvalue weighted by Crippen LogP contribution is 2.47. The van der Waals surface area contributed by atoms with Crippen LogP contribution in [0.1, 0.15) is 79.0 Å². The molecule has 8 aromatic rings. The molecule has 0 saturated heterocycles. The molecule has 0 N–H and O–H groups in total. The Balaban J connectivity index is 1.10. The van der Waals surface area contributed by atoms with Gasteiger partial charge in [0, 0.05) is 40.5 Å². The highest BCUT2D eigenvalue weighted by molar-refractivity contribution is 6.10. The predicted molar refractivity (Wildman–Crippen MR) is 249 cm³/mol. The zero-order chi connectivity index (χ0) is 42.1. The van der Waals surface area contributed by atoms with Crippen LogP contribution in [0.25, 0.3) is 38.8 Å². The zero-order valence-corrected chi connectivity index (χ0v) is 36.1. The van der Waals surface area contributed by atoms with Crippen molar-refractivity contribution in [2.45, 2.75) is 78.6 Å². The Labute approximate surface area is 353 Å². The van der Waals surface area contributed by atoms with E-state index in [1.807, 2.05) is 30.5 Å². The number of fused-ring (bicyclic) bond motifs is 4. The molecular weight excluding hydrogens is 740 g/mol. The van der Waals surface area contributed by atoms with Crippen LogP contribution < -0.4 is 14.5 Å². The first-order valence-corrected chi connectivity index (χ1v) is 20.9. The smallest absolute Gasteiger partial charge is 0.137 e. The first kappa shape index (κ1) is 39.1. The third kappa shape index (κ3) is 7.29. The highest BCUT2D eigenvalue weighted by atomic mass is 19.1. The molecule has 0 amide bonds. The number of rotatable bonds is 6. The number of pyridine rings is 1. The van der Waals surface area contributed by atoms with Gasteiger partial charge in [0.15, 0.2) is 0 Å². The number of anilines is 4. The Kier molecular flexibility index (Phi) is 9.38. The third-order valence-corrected chi connectivity index (χ3v) is 11.8. The van der Waals surface area contributed by atoms with Gasteiger partial charge < -0.3 is 14.5 Å². The fraction of sp³-hybridized carbons (Fsp3) is 0.241. The van der Waals surface area contributed by atoms with Crippen molar-refractivity contribution in [2.75, 3.05) is 16.5 Å². The van der Waals surface area contributed by atoms with Crippen LogP contribution in [0.3, 0.4) is 0 Å². The Hall–Kier alpha value is -6.40. The molecule has 0 saturated carbocycles. The van der Waals surface area contributed by atoms with Crippen LogP contribution in [0.15, 0.2) is 146 Å². The molecule has 1 aliphatic rings. The molecule has 2 aromatic heterocycles. The van der Waals surface area contributed by atoms with Crippen molar-refractivity contribution < 1.29 is 9.13 Å². The maximum Gasteiger partial charge on any atom is 0.137 e. The lowest BCUT2D eigenvalue weighted by Crippen LogP contribution is -2.25. The van der Waals surface area contributed by atoms with E-state index >= 15 is 0 Å². The van der Waals surface area contributed by atoms with Gasteiger partial charge in [-0.3, -0.25) is 4.57 Å². The lowest BCUT2D eigenvalue weighted by molar-refractivity contribution is 0.483. The van der Waals surface area contributed by atoms with E-state index in [2.05, 4.69) is 180 Å². The summed E-state index contributed by atoms with van der Waals surface area (Å²) < 4.78 is 22.8. The molecule has 60 heavy (non-hydrogen) atoms. The summed E-state index contributed by atoms with van der Waals surface area (Å²) in [5.74, 6) is 2.08. The second-order valence-corrected chi connectivity index (χ2v) is 19.3. The van der Waals surface area contributed by atoms with Crippen LogP contribution in [-0.4, -0.2) is 16.2 Å². The molecule has 6 aromatic carbocycles. The van der Waals surface area contributed by atoms with Crippen molar-refractivity contribution in [2.24, 2.45) is 0 Å². The molecule has 5 nitrogen and oxygen atoms in total. The van der Waals surface area contributed by atoms with Gasteiger partial charge in [0.2, 0.25) is 0 Å². The topological polar surface area (TPSA) is 33.5 Å². The van der Waals surface area contributed by atoms with Gasteiger partial charge in [-0.15, -0.1) is 0 Å². The Morgan fingerprint density at radius 1 is 0.500 bits per heavy atom. The monoisotopic (exact) mass is 792 g/mol. The van der Waals surface area contributed by atoms with E-state index < -0.39 is 0 Å². The molecule has 0 atom stereocenters. The summed E-state index contributed by atoms with van der Waals surface area (Å²) in [4.78, 5) is 9.71.